The van der Waals surface area contributed by atoms with E-state index in [0.29, 0.717) is 0 Å². The molecule has 1 saturated carbocycles. The van der Waals surface area contributed by atoms with Crippen molar-refractivity contribution < 1.29 is 0 Å². The van der Waals surface area contributed by atoms with Crippen molar-refractivity contribution in [3.63, 3.8) is 0 Å². The molecule has 4 bridgehead atoms. The molecular formula is C14H24N2. The highest BCUT2D eigenvalue weighted by Gasteiger charge is 2.54. The van der Waals surface area contributed by atoms with Crippen LogP contribution in [0, 0.1) is 17.8 Å². The molecule has 0 aromatic carbocycles. The summed E-state index contributed by atoms with van der Waals surface area (Å²) in [7, 11) is 0. The third kappa shape index (κ3) is 1.15. The molecule has 3 aliphatic heterocycles. The topological polar surface area (TPSA) is 15.3 Å². The molecule has 4 aliphatic rings. The second-order valence-electron chi connectivity index (χ2n) is 6.46. The average molecular weight is 220 g/mol. The van der Waals surface area contributed by atoms with E-state index in [1.165, 1.54) is 45.2 Å². The van der Waals surface area contributed by atoms with Gasteiger partial charge in [0.1, 0.15) is 0 Å². The predicted octanol–water partition coefficient (Wildman–Crippen LogP) is 1.86. The van der Waals surface area contributed by atoms with Crippen molar-refractivity contribution in [2.24, 2.45) is 17.8 Å². The molecule has 6 atom stereocenters. The number of hydrogen-bond acceptors (Lipinski definition) is 2. The maximum atomic E-state index is 3.76. The summed E-state index contributed by atoms with van der Waals surface area (Å²) in [6.45, 7) is 4.98. The van der Waals surface area contributed by atoms with Gasteiger partial charge in [0.15, 0.2) is 0 Å². The van der Waals surface area contributed by atoms with Crippen molar-refractivity contribution in [2.45, 2.75) is 57.2 Å². The number of nitrogens with one attached hydrogen (secondary N) is 1. The quantitative estimate of drug-likeness (QED) is 0.764. The van der Waals surface area contributed by atoms with E-state index < -0.39 is 0 Å². The Morgan fingerprint density at radius 2 is 2.12 bits per heavy atom. The molecule has 2 nitrogen and oxygen atoms in total. The third-order valence-corrected chi connectivity index (χ3v) is 6.09. The van der Waals surface area contributed by atoms with E-state index in [1.807, 2.05) is 0 Å². The number of piperidine rings is 1. The summed E-state index contributed by atoms with van der Waals surface area (Å²) in [6, 6.07) is 2.82. The van der Waals surface area contributed by atoms with Crippen molar-refractivity contribution in [3.8, 4) is 0 Å². The van der Waals surface area contributed by atoms with Crippen LogP contribution in [0.15, 0.2) is 0 Å². The molecule has 90 valence electrons. The van der Waals surface area contributed by atoms with Crippen LogP contribution in [-0.4, -0.2) is 36.1 Å². The number of fused-ring (bicyclic) bond motifs is 4. The first-order chi connectivity index (χ1) is 7.88. The van der Waals surface area contributed by atoms with Crippen molar-refractivity contribution in [1.29, 1.82) is 0 Å². The predicted molar refractivity (Wildman–Crippen MR) is 65.3 cm³/mol. The van der Waals surface area contributed by atoms with Crippen LogP contribution in [-0.2, 0) is 0 Å². The van der Waals surface area contributed by atoms with Gasteiger partial charge in [0, 0.05) is 18.1 Å². The molecule has 1 N–H and O–H groups in total. The summed E-state index contributed by atoms with van der Waals surface area (Å²) >= 11 is 0. The van der Waals surface area contributed by atoms with Gasteiger partial charge in [-0.05, 0) is 62.9 Å². The van der Waals surface area contributed by atoms with Crippen molar-refractivity contribution in [1.82, 2.24) is 10.2 Å². The fourth-order valence-corrected chi connectivity index (χ4v) is 5.59. The summed E-state index contributed by atoms with van der Waals surface area (Å²) < 4.78 is 0. The molecule has 0 radical (unpaired) electrons. The minimum atomic E-state index is 0.896. The molecule has 6 unspecified atom stereocenters. The third-order valence-electron chi connectivity index (χ3n) is 6.09. The van der Waals surface area contributed by atoms with E-state index in [-0.39, 0.29) is 0 Å². The van der Waals surface area contributed by atoms with Crippen LogP contribution < -0.4 is 5.32 Å². The lowest BCUT2D eigenvalue weighted by Crippen LogP contribution is -2.36. The molecule has 0 aromatic heterocycles. The molecule has 16 heavy (non-hydrogen) atoms. The van der Waals surface area contributed by atoms with E-state index in [2.05, 4.69) is 17.1 Å². The second-order valence-corrected chi connectivity index (χ2v) is 6.46. The minimum absolute atomic E-state index is 0.896. The van der Waals surface area contributed by atoms with E-state index in [9.17, 15) is 0 Å². The van der Waals surface area contributed by atoms with E-state index in [0.717, 1.165) is 35.9 Å². The normalized spacial score (nSPS) is 55.3. The van der Waals surface area contributed by atoms with Crippen molar-refractivity contribution in [3.05, 3.63) is 0 Å². The first-order valence-electron chi connectivity index (χ1n) is 7.37. The van der Waals surface area contributed by atoms with Gasteiger partial charge in [0.25, 0.3) is 0 Å². The van der Waals surface area contributed by atoms with Gasteiger partial charge in [-0.15, -0.1) is 0 Å². The Morgan fingerprint density at radius 1 is 1.19 bits per heavy atom. The zero-order valence-corrected chi connectivity index (χ0v) is 10.4. The average Bonchev–Trinajstić information content (AvgIpc) is 3.06. The van der Waals surface area contributed by atoms with Gasteiger partial charge >= 0.3 is 0 Å². The molecule has 0 spiro atoms. The van der Waals surface area contributed by atoms with Crippen LogP contribution in [0.1, 0.15) is 39.0 Å². The van der Waals surface area contributed by atoms with Gasteiger partial charge < -0.3 is 5.32 Å². The van der Waals surface area contributed by atoms with Gasteiger partial charge in [-0.1, -0.05) is 6.92 Å². The summed E-state index contributed by atoms with van der Waals surface area (Å²) in [6.07, 6.45) is 7.50. The Morgan fingerprint density at radius 3 is 2.69 bits per heavy atom. The molecule has 0 amide bonds. The van der Waals surface area contributed by atoms with Crippen LogP contribution in [0.4, 0.5) is 0 Å². The molecule has 4 rings (SSSR count). The van der Waals surface area contributed by atoms with Crippen LogP contribution >= 0.6 is 0 Å². The SMILES string of the molecule is CCN1C2CCC1C(C1C3CCC1NC3)C2. The Balaban J connectivity index is 1.57. The highest BCUT2D eigenvalue weighted by Crippen LogP contribution is 2.52. The first-order valence-corrected chi connectivity index (χ1v) is 7.37. The largest absolute Gasteiger partial charge is 0.313 e. The monoisotopic (exact) mass is 220 g/mol. The van der Waals surface area contributed by atoms with Gasteiger partial charge in [-0.25, -0.2) is 0 Å². The Hall–Kier alpha value is -0.0800. The minimum Gasteiger partial charge on any atom is -0.313 e. The zero-order valence-electron chi connectivity index (χ0n) is 10.4. The number of hydrogen-bond donors (Lipinski definition) is 1. The molecule has 2 heteroatoms. The summed E-state index contributed by atoms with van der Waals surface area (Å²) in [5.41, 5.74) is 0. The van der Waals surface area contributed by atoms with Crippen LogP contribution in [0.2, 0.25) is 0 Å². The maximum Gasteiger partial charge on any atom is 0.0131 e. The standard InChI is InChI=1S/C14H24N2/c1-2-16-10-4-6-13(16)11(7-10)14-9-3-5-12(14)15-8-9/h9-15H,2-8H2,1H3. The Kier molecular flexibility index (Phi) is 2.14. The Bertz CT molecular complexity index is 270. The van der Waals surface area contributed by atoms with Crippen LogP contribution in [0.3, 0.4) is 0 Å². The number of rotatable bonds is 2. The molecule has 3 saturated heterocycles. The summed E-state index contributed by atoms with van der Waals surface area (Å²) in [5.74, 6) is 3.13. The van der Waals surface area contributed by atoms with E-state index >= 15 is 0 Å². The van der Waals surface area contributed by atoms with Gasteiger partial charge in [0.05, 0.1) is 0 Å². The maximum absolute atomic E-state index is 3.76. The highest BCUT2D eigenvalue weighted by molar-refractivity contribution is 5.09. The highest BCUT2D eigenvalue weighted by atomic mass is 15.2. The summed E-state index contributed by atoms with van der Waals surface area (Å²) in [5, 5.41) is 3.76. The van der Waals surface area contributed by atoms with Crippen LogP contribution in [0.5, 0.6) is 0 Å². The molecule has 0 aromatic rings. The molecule has 4 fully saturated rings. The van der Waals surface area contributed by atoms with E-state index in [4.69, 9.17) is 0 Å². The number of nitrogens with zero attached hydrogens (tertiary/aromatic N) is 1. The van der Waals surface area contributed by atoms with Crippen molar-refractivity contribution >= 4 is 0 Å². The lowest BCUT2D eigenvalue weighted by atomic mass is 9.75. The second kappa shape index (κ2) is 3.46. The molecular weight excluding hydrogens is 196 g/mol. The first kappa shape index (κ1) is 9.90. The van der Waals surface area contributed by atoms with E-state index in [1.54, 1.807) is 0 Å². The van der Waals surface area contributed by atoms with Gasteiger partial charge in [-0.3, -0.25) is 4.90 Å². The van der Waals surface area contributed by atoms with Gasteiger partial charge in [0.2, 0.25) is 0 Å². The smallest absolute Gasteiger partial charge is 0.0131 e. The molecule has 3 heterocycles. The van der Waals surface area contributed by atoms with Crippen molar-refractivity contribution in [2.75, 3.05) is 13.1 Å². The fourth-order valence-electron chi connectivity index (χ4n) is 5.59. The lowest BCUT2D eigenvalue weighted by molar-refractivity contribution is 0.196. The zero-order chi connectivity index (χ0) is 10.7. The Labute approximate surface area is 98.8 Å². The lowest BCUT2D eigenvalue weighted by Gasteiger charge is -2.30. The fraction of sp³-hybridized carbons (Fsp3) is 1.00. The van der Waals surface area contributed by atoms with Gasteiger partial charge in [-0.2, -0.15) is 0 Å². The van der Waals surface area contributed by atoms with Crippen LogP contribution in [0.25, 0.3) is 0 Å². The summed E-state index contributed by atoms with van der Waals surface area (Å²) in [4.78, 5) is 2.82. The molecule has 1 aliphatic carbocycles.